The third kappa shape index (κ3) is 3.32. The van der Waals surface area contributed by atoms with E-state index in [1.807, 2.05) is 30.3 Å². The highest BCUT2D eigenvalue weighted by Crippen LogP contribution is 2.25. The lowest BCUT2D eigenvalue weighted by Crippen LogP contribution is -2.33. The molecule has 0 bridgehead atoms. The number of thioether (sulfide) groups is 1. The Bertz CT molecular complexity index is 999. The zero-order valence-electron chi connectivity index (χ0n) is 13.7. The molecule has 0 radical (unpaired) electrons. The summed E-state index contributed by atoms with van der Waals surface area (Å²) in [5, 5.41) is 8.40. The Morgan fingerprint density at radius 1 is 0.963 bits per heavy atom. The molecule has 27 heavy (non-hydrogen) atoms. The molecule has 0 unspecified atom stereocenters. The first kappa shape index (κ1) is 17.0. The van der Waals surface area contributed by atoms with Crippen LogP contribution in [0.4, 0.5) is 0 Å². The van der Waals surface area contributed by atoms with E-state index in [1.165, 1.54) is 12.1 Å². The molecule has 0 saturated carbocycles. The minimum atomic E-state index is -0.783. The van der Waals surface area contributed by atoms with Gasteiger partial charge in [-0.3, -0.25) is 9.59 Å². The smallest absolute Gasteiger partial charge is 0.343 e. The SMILES string of the molecule is O=C(CSc1nnc(-c2ccccc2)o1)ON1C(=O)c2ccccc2C1=O. The van der Waals surface area contributed by atoms with Gasteiger partial charge in [-0.2, -0.15) is 0 Å². The fourth-order valence-corrected chi connectivity index (χ4v) is 2.99. The number of aromatic nitrogens is 2. The molecule has 3 aromatic rings. The lowest BCUT2D eigenvalue weighted by atomic mass is 10.1. The largest absolute Gasteiger partial charge is 0.411 e. The van der Waals surface area contributed by atoms with Gasteiger partial charge in [0.15, 0.2) is 0 Å². The van der Waals surface area contributed by atoms with Crippen LogP contribution < -0.4 is 0 Å². The molecule has 0 fully saturated rings. The number of carbonyl (C=O) groups is 3. The van der Waals surface area contributed by atoms with Crippen molar-refractivity contribution in [2.45, 2.75) is 5.22 Å². The zero-order chi connectivity index (χ0) is 18.8. The van der Waals surface area contributed by atoms with Gasteiger partial charge < -0.3 is 9.25 Å². The highest BCUT2D eigenvalue weighted by Gasteiger charge is 2.38. The maximum absolute atomic E-state index is 12.2. The van der Waals surface area contributed by atoms with Gasteiger partial charge in [-0.25, -0.2) is 4.79 Å². The number of hydrogen-bond acceptors (Lipinski definition) is 8. The Morgan fingerprint density at radius 2 is 1.59 bits per heavy atom. The Hall–Kier alpha value is -3.46. The van der Waals surface area contributed by atoms with Crippen molar-refractivity contribution in [1.29, 1.82) is 0 Å². The van der Waals surface area contributed by atoms with Crippen LogP contribution in [0.2, 0.25) is 0 Å². The van der Waals surface area contributed by atoms with Crippen LogP contribution in [0.1, 0.15) is 20.7 Å². The second-order valence-electron chi connectivity index (χ2n) is 5.44. The number of carbonyl (C=O) groups excluding carboxylic acids is 3. The van der Waals surface area contributed by atoms with Crippen LogP contribution in [-0.4, -0.2) is 38.8 Å². The second-order valence-corrected chi connectivity index (χ2v) is 6.37. The zero-order valence-corrected chi connectivity index (χ0v) is 14.5. The summed E-state index contributed by atoms with van der Waals surface area (Å²) in [5.41, 5.74) is 1.16. The minimum absolute atomic E-state index is 0.174. The van der Waals surface area contributed by atoms with Gasteiger partial charge in [-0.05, 0) is 24.3 Å². The molecule has 2 heterocycles. The summed E-state index contributed by atoms with van der Waals surface area (Å²) in [7, 11) is 0. The number of hydroxylamine groups is 2. The molecule has 0 N–H and O–H groups in total. The Morgan fingerprint density at radius 3 is 2.26 bits per heavy atom. The Kier molecular flexibility index (Phi) is 4.43. The molecule has 0 saturated heterocycles. The van der Waals surface area contributed by atoms with E-state index in [1.54, 1.807) is 12.1 Å². The number of hydrogen-bond donors (Lipinski definition) is 0. The van der Waals surface area contributed by atoms with Gasteiger partial charge in [0, 0.05) is 5.56 Å². The molecular weight excluding hydrogens is 370 g/mol. The fraction of sp³-hybridized carbons (Fsp3) is 0.0556. The third-order valence-electron chi connectivity index (χ3n) is 3.69. The van der Waals surface area contributed by atoms with Crippen LogP contribution >= 0.6 is 11.8 Å². The highest BCUT2D eigenvalue weighted by atomic mass is 32.2. The Balaban J connectivity index is 1.37. The summed E-state index contributed by atoms with van der Waals surface area (Å²) in [4.78, 5) is 41.2. The summed E-state index contributed by atoms with van der Waals surface area (Å²) in [5.74, 6) is -2.00. The van der Waals surface area contributed by atoms with E-state index in [0.29, 0.717) is 11.0 Å². The number of fused-ring (bicyclic) bond motifs is 1. The lowest BCUT2D eigenvalue weighted by molar-refractivity contribution is -0.165. The van der Waals surface area contributed by atoms with Gasteiger partial charge in [-0.15, -0.1) is 10.2 Å². The first-order chi connectivity index (χ1) is 13.1. The molecule has 1 aliphatic rings. The van der Waals surface area contributed by atoms with E-state index in [4.69, 9.17) is 9.25 Å². The summed E-state index contributed by atoms with van der Waals surface area (Å²) >= 11 is 0.950. The van der Waals surface area contributed by atoms with Crippen LogP contribution in [-0.2, 0) is 9.63 Å². The van der Waals surface area contributed by atoms with Crippen LogP contribution in [0.5, 0.6) is 0 Å². The van der Waals surface area contributed by atoms with Crippen molar-refractivity contribution in [2.75, 3.05) is 5.75 Å². The minimum Gasteiger partial charge on any atom is -0.411 e. The number of imide groups is 1. The fourth-order valence-electron chi connectivity index (χ4n) is 2.46. The van der Waals surface area contributed by atoms with Crippen molar-refractivity contribution in [1.82, 2.24) is 15.3 Å². The van der Waals surface area contributed by atoms with Gasteiger partial charge in [0.2, 0.25) is 5.89 Å². The molecule has 8 nitrogen and oxygen atoms in total. The van der Waals surface area contributed by atoms with Gasteiger partial charge in [0.25, 0.3) is 17.0 Å². The van der Waals surface area contributed by atoms with Crippen LogP contribution in [0.15, 0.2) is 64.2 Å². The van der Waals surface area contributed by atoms with Gasteiger partial charge in [0.1, 0.15) is 5.75 Å². The number of benzene rings is 2. The van der Waals surface area contributed by atoms with Gasteiger partial charge in [-0.1, -0.05) is 47.2 Å². The average Bonchev–Trinajstić information content (AvgIpc) is 3.27. The predicted octanol–water partition coefficient (Wildman–Crippen LogP) is 2.58. The lowest BCUT2D eigenvalue weighted by Gasteiger charge is -2.11. The summed E-state index contributed by atoms with van der Waals surface area (Å²) in [6, 6.07) is 15.4. The predicted molar refractivity (Wildman–Crippen MR) is 93.5 cm³/mol. The number of nitrogens with zero attached hydrogens (tertiary/aromatic N) is 3. The highest BCUT2D eigenvalue weighted by molar-refractivity contribution is 7.99. The molecule has 4 rings (SSSR count). The molecule has 2 aromatic carbocycles. The maximum Gasteiger partial charge on any atom is 0.343 e. The standard InChI is InChI=1S/C18H11N3O5S/c22-14(26-21-16(23)12-8-4-5-9-13(12)17(21)24)10-27-18-20-19-15(25-18)11-6-2-1-3-7-11/h1-9H,10H2. The average molecular weight is 381 g/mol. The van der Waals surface area contributed by atoms with E-state index in [9.17, 15) is 14.4 Å². The topological polar surface area (TPSA) is 103 Å². The van der Waals surface area contributed by atoms with Crippen LogP contribution in [0.25, 0.3) is 11.5 Å². The van der Waals surface area contributed by atoms with E-state index < -0.39 is 17.8 Å². The Labute approximate surface area is 157 Å². The molecule has 134 valence electrons. The number of rotatable bonds is 5. The summed E-state index contributed by atoms with van der Waals surface area (Å²) in [6.07, 6.45) is 0. The summed E-state index contributed by atoms with van der Waals surface area (Å²) in [6.45, 7) is 0. The van der Waals surface area contributed by atoms with E-state index >= 15 is 0 Å². The van der Waals surface area contributed by atoms with Crippen molar-refractivity contribution in [3.63, 3.8) is 0 Å². The van der Waals surface area contributed by atoms with E-state index in [-0.39, 0.29) is 22.1 Å². The van der Waals surface area contributed by atoms with Crippen molar-refractivity contribution < 1.29 is 23.6 Å². The molecule has 0 spiro atoms. The van der Waals surface area contributed by atoms with E-state index in [0.717, 1.165) is 17.3 Å². The van der Waals surface area contributed by atoms with Crippen LogP contribution in [0, 0.1) is 0 Å². The second kappa shape index (κ2) is 7.04. The first-order valence-corrected chi connectivity index (χ1v) is 8.82. The normalized spacial score (nSPS) is 13.0. The molecule has 1 aromatic heterocycles. The van der Waals surface area contributed by atoms with Crippen molar-refractivity contribution >= 4 is 29.5 Å². The first-order valence-electron chi connectivity index (χ1n) is 7.84. The molecule has 1 aliphatic heterocycles. The molecule has 9 heteroatoms. The molecular formula is C18H11N3O5S. The quantitative estimate of drug-likeness (QED) is 0.491. The van der Waals surface area contributed by atoms with Crippen LogP contribution in [0.3, 0.4) is 0 Å². The monoisotopic (exact) mass is 381 g/mol. The summed E-state index contributed by atoms with van der Waals surface area (Å²) < 4.78 is 5.47. The van der Waals surface area contributed by atoms with Gasteiger partial charge in [0.05, 0.1) is 11.1 Å². The molecule has 0 atom stereocenters. The number of amides is 2. The van der Waals surface area contributed by atoms with Crippen molar-refractivity contribution in [3.05, 3.63) is 65.7 Å². The molecule has 0 aliphatic carbocycles. The maximum atomic E-state index is 12.2. The van der Waals surface area contributed by atoms with E-state index in [2.05, 4.69) is 10.2 Å². The van der Waals surface area contributed by atoms with Crippen molar-refractivity contribution in [3.8, 4) is 11.5 Å². The van der Waals surface area contributed by atoms with Crippen molar-refractivity contribution in [2.24, 2.45) is 0 Å². The third-order valence-corrected chi connectivity index (χ3v) is 4.48. The van der Waals surface area contributed by atoms with Gasteiger partial charge >= 0.3 is 5.97 Å². The molecule has 2 amide bonds.